The molecule has 0 spiro atoms. The van der Waals surface area contributed by atoms with Crippen LogP contribution in [0.2, 0.25) is 0 Å². The lowest BCUT2D eigenvalue weighted by Crippen LogP contribution is -2.33. The summed E-state index contributed by atoms with van der Waals surface area (Å²) in [6, 6.07) is 9.20. The molecule has 0 aliphatic rings. The van der Waals surface area contributed by atoms with Crippen molar-refractivity contribution >= 4 is 11.8 Å². The smallest absolute Gasteiger partial charge is 0.251 e. The van der Waals surface area contributed by atoms with Crippen LogP contribution in [0.4, 0.5) is 0 Å². The predicted molar refractivity (Wildman–Crippen MR) is 80.2 cm³/mol. The fourth-order valence-corrected chi connectivity index (χ4v) is 2.08. The summed E-state index contributed by atoms with van der Waals surface area (Å²) in [6.45, 7) is 1.79. The van der Waals surface area contributed by atoms with Gasteiger partial charge in [0.1, 0.15) is 11.9 Å². The van der Waals surface area contributed by atoms with E-state index in [1.54, 1.807) is 19.1 Å². The van der Waals surface area contributed by atoms with E-state index in [2.05, 4.69) is 5.32 Å². The van der Waals surface area contributed by atoms with E-state index in [0.29, 0.717) is 23.3 Å². The lowest BCUT2D eigenvalue weighted by molar-refractivity contribution is 0.0901. The molecule has 2 aromatic rings. The molecule has 0 radical (unpaired) electrons. The van der Waals surface area contributed by atoms with Crippen LogP contribution in [0, 0.1) is 0 Å². The number of amides is 2. The maximum Gasteiger partial charge on any atom is 0.251 e. The first-order chi connectivity index (χ1) is 10.5. The van der Waals surface area contributed by atoms with Gasteiger partial charge in [-0.2, -0.15) is 0 Å². The number of carbonyl (C=O) groups is 2. The number of aliphatic hydroxyl groups is 1. The average molecular weight is 302 g/mol. The highest BCUT2D eigenvalue weighted by molar-refractivity contribution is 5.97. The summed E-state index contributed by atoms with van der Waals surface area (Å²) < 4.78 is 5.11. The molecule has 2 rings (SSSR count). The molecule has 6 heteroatoms. The van der Waals surface area contributed by atoms with Crippen molar-refractivity contribution in [1.82, 2.24) is 5.32 Å². The number of hydrogen-bond donors (Lipinski definition) is 3. The Hall–Kier alpha value is -2.60. The van der Waals surface area contributed by atoms with E-state index in [1.165, 1.54) is 30.5 Å². The van der Waals surface area contributed by atoms with Crippen LogP contribution in [0.1, 0.15) is 45.9 Å². The van der Waals surface area contributed by atoms with Crippen LogP contribution in [0.25, 0.3) is 0 Å². The molecular weight excluding hydrogens is 284 g/mol. The number of benzene rings is 1. The minimum Gasteiger partial charge on any atom is -0.467 e. The van der Waals surface area contributed by atoms with Gasteiger partial charge in [0, 0.05) is 23.6 Å². The van der Waals surface area contributed by atoms with Gasteiger partial charge in [-0.25, -0.2) is 0 Å². The fraction of sp³-hybridized carbons (Fsp3) is 0.250. The molecule has 0 saturated heterocycles. The van der Waals surface area contributed by atoms with Gasteiger partial charge in [-0.3, -0.25) is 9.59 Å². The molecule has 1 aromatic heterocycles. The summed E-state index contributed by atoms with van der Waals surface area (Å²) in [5.74, 6) is -0.357. The van der Waals surface area contributed by atoms with Crippen molar-refractivity contribution in [3.63, 3.8) is 0 Å². The summed E-state index contributed by atoms with van der Waals surface area (Å²) in [5.41, 5.74) is 5.91. The summed E-state index contributed by atoms with van der Waals surface area (Å²) in [4.78, 5) is 23.1. The number of furan rings is 1. The predicted octanol–water partition coefficient (Wildman–Crippen LogP) is 1.62. The zero-order chi connectivity index (χ0) is 16.1. The van der Waals surface area contributed by atoms with E-state index in [4.69, 9.17) is 10.2 Å². The molecule has 0 aliphatic carbocycles. The summed E-state index contributed by atoms with van der Waals surface area (Å²) in [5, 5.41) is 12.7. The molecule has 0 saturated carbocycles. The van der Waals surface area contributed by atoms with Crippen molar-refractivity contribution in [1.29, 1.82) is 0 Å². The van der Waals surface area contributed by atoms with Crippen molar-refractivity contribution in [3.05, 3.63) is 59.5 Å². The molecule has 116 valence electrons. The maximum atomic E-state index is 12.1. The third kappa shape index (κ3) is 3.95. The van der Waals surface area contributed by atoms with Gasteiger partial charge in [0.05, 0.1) is 6.26 Å². The van der Waals surface area contributed by atoms with Crippen molar-refractivity contribution < 1.29 is 19.1 Å². The second-order valence-corrected chi connectivity index (χ2v) is 5.08. The van der Waals surface area contributed by atoms with E-state index in [1.807, 2.05) is 0 Å². The highest BCUT2D eigenvalue weighted by Crippen LogP contribution is 2.18. The quantitative estimate of drug-likeness (QED) is 0.754. The first kappa shape index (κ1) is 15.8. The molecule has 6 nitrogen and oxygen atoms in total. The van der Waals surface area contributed by atoms with Crippen LogP contribution >= 0.6 is 0 Å². The second kappa shape index (κ2) is 6.91. The van der Waals surface area contributed by atoms with Crippen LogP contribution in [0.15, 0.2) is 47.1 Å². The molecule has 2 unspecified atom stereocenters. The molecular formula is C16H18N2O4. The second-order valence-electron chi connectivity index (χ2n) is 5.08. The number of carbonyl (C=O) groups excluding carboxylic acids is 2. The molecule has 2 atom stereocenters. The van der Waals surface area contributed by atoms with Crippen molar-refractivity contribution in [2.45, 2.75) is 25.5 Å². The highest BCUT2D eigenvalue weighted by atomic mass is 16.4. The molecule has 1 heterocycles. The van der Waals surface area contributed by atoms with Crippen molar-refractivity contribution in [2.75, 3.05) is 0 Å². The molecule has 1 aromatic carbocycles. The van der Waals surface area contributed by atoms with Crippen LogP contribution in [-0.4, -0.2) is 23.0 Å². The van der Waals surface area contributed by atoms with E-state index in [-0.39, 0.29) is 11.9 Å². The Morgan fingerprint density at radius 1 is 1.23 bits per heavy atom. The van der Waals surface area contributed by atoms with E-state index < -0.39 is 12.0 Å². The number of primary amides is 1. The van der Waals surface area contributed by atoms with Gasteiger partial charge in [0.15, 0.2) is 0 Å². The Balaban J connectivity index is 1.92. The number of nitrogens with one attached hydrogen (secondary N) is 1. The molecule has 0 fully saturated rings. The Kier molecular flexibility index (Phi) is 4.95. The van der Waals surface area contributed by atoms with Gasteiger partial charge in [-0.15, -0.1) is 0 Å². The lowest BCUT2D eigenvalue weighted by atomic mass is 10.1. The van der Waals surface area contributed by atoms with Crippen molar-refractivity contribution in [3.8, 4) is 0 Å². The minimum atomic E-state index is -0.775. The van der Waals surface area contributed by atoms with Crippen LogP contribution in [0.5, 0.6) is 0 Å². The largest absolute Gasteiger partial charge is 0.467 e. The fourth-order valence-electron chi connectivity index (χ4n) is 2.08. The number of nitrogens with two attached hydrogens (primary N) is 1. The molecule has 4 N–H and O–H groups in total. The summed E-state index contributed by atoms with van der Waals surface area (Å²) in [6.07, 6.45) is 1.04. The third-order valence-corrected chi connectivity index (χ3v) is 3.26. The third-order valence-electron chi connectivity index (χ3n) is 3.26. The van der Waals surface area contributed by atoms with Gasteiger partial charge in [-0.1, -0.05) is 0 Å². The Bertz CT molecular complexity index is 635. The SMILES string of the molecule is CC(CC(O)c1ccco1)NC(=O)c1ccc(C(N)=O)cc1. The van der Waals surface area contributed by atoms with E-state index in [0.717, 1.165) is 0 Å². The standard InChI is InChI=1S/C16H18N2O4/c1-10(9-13(19)14-3-2-8-22-14)18-16(21)12-6-4-11(5-7-12)15(17)20/h2-8,10,13,19H,9H2,1H3,(H2,17,20)(H,18,21). The topological polar surface area (TPSA) is 106 Å². The maximum absolute atomic E-state index is 12.1. The van der Waals surface area contributed by atoms with Crippen LogP contribution < -0.4 is 11.1 Å². The highest BCUT2D eigenvalue weighted by Gasteiger charge is 2.17. The van der Waals surface area contributed by atoms with Crippen LogP contribution in [-0.2, 0) is 0 Å². The Labute approximate surface area is 127 Å². The van der Waals surface area contributed by atoms with Gasteiger partial charge in [0.25, 0.3) is 5.91 Å². The molecule has 0 aliphatic heterocycles. The van der Waals surface area contributed by atoms with Crippen molar-refractivity contribution in [2.24, 2.45) is 5.73 Å². The van der Waals surface area contributed by atoms with Gasteiger partial charge in [0.2, 0.25) is 5.91 Å². The van der Waals surface area contributed by atoms with E-state index >= 15 is 0 Å². The molecule has 22 heavy (non-hydrogen) atoms. The van der Waals surface area contributed by atoms with E-state index in [9.17, 15) is 14.7 Å². The van der Waals surface area contributed by atoms with Gasteiger partial charge in [-0.05, 0) is 43.3 Å². The van der Waals surface area contributed by atoms with Gasteiger partial charge >= 0.3 is 0 Å². The first-order valence-electron chi connectivity index (χ1n) is 6.89. The Morgan fingerprint density at radius 2 is 1.86 bits per heavy atom. The normalized spacial score (nSPS) is 13.4. The zero-order valence-corrected chi connectivity index (χ0v) is 12.2. The number of rotatable bonds is 6. The molecule has 0 bridgehead atoms. The average Bonchev–Trinajstić information content (AvgIpc) is 3.01. The van der Waals surface area contributed by atoms with Gasteiger partial charge < -0.3 is 20.6 Å². The zero-order valence-electron chi connectivity index (χ0n) is 12.2. The monoisotopic (exact) mass is 302 g/mol. The number of hydrogen-bond acceptors (Lipinski definition) is 4. The molecule has 2 amide bonds. The summed E-state index contributed by atoms with van der Waals surface area (Å²) >= 11 is 0. The minimum absolute atomic E-state index is 0.247. The lowest BCUT2D eigenvalue weighted by Gasteiger charge is -2.16. The first-order valence-corrected chi connectivity index (χ1v) is 6.89. The number of aliphatic hydroxyl groups excluding tert-OH is 1. The Morgan fingerprint density at radius 3 is 2.41 bits per heavy atom. The summed E-state index contributed by atoms with van der Waals surface area (Å²) in [7, 11) is 0. The van der Waals surface area contributed by atoms with Crippen LogP contribution in [0.3, 0.4) is 0 Å².